The molecule has 0 atom stereocenters. The SMILES string of the molecule is C1=CCCC/C=C\CC/C=C\1. The number of hydrogen-bond donors (Lipinski definition) is 0. The van der Waals surface area contributed by atoms with Crippen LogP contribution in [0.15, 0.2) is 36.5 Å². The van der Waals surface area contributed by atoms with Gasteiger partial charge < -0.3 is 0 Å². The highest BCUT2D eigenvalue weighted by Crippen LogP contribution is 2.02. The zero-order chi connectivity index (χ0) is 7.78. The van der Waals surface area contributed by atoms with Crippen LogP contribution in [0.4, 0.5) is 0 Å². The van der Waals surface area contributed by atoms with E-state index in [4.69, 9.17) is 0 Å². The summed E-state index contributed by atoms with van der Waals surface area (Å²) in [6.07, 6.45) is 19.5. The fraction of sp³-hybridized carbons (Fsp3) is 0.455. The smallest absolute Gasteiger partial charge is 0.0313 e. The molecule has 0 aromatic carbocycles. The van der Waals surface area contributed by atoms with Crippen molar-refractivity contribution < 1.29 is 0 Å². The molecule has 0 radical (unpaired) electrons. The Morgan fingerprint density at radius 2 is 1.09 bits per heavy atom. The normalized spacial score (nSPS) is 25.5. The summed E-state index contributed by atoms with van der Waals surface area (Å²) in [7, 11) is 0. The van der Waals surface area contributed by atoms with Gasteiger partial charge in [-0.2, -0.15) is 0 Å². The van der Waals surface area contributed by atoms with Gasteiger partial charge >= 0.3 is 0 Å². The quantitative estimate of drug-likeness (QED) is 0.460. The van der Waals surface area contributed by atoms with Crippen molar-refractivity contribution in [3.05, 3.63) is 36.5 Å². The second kappa shape index (κ2) is 5.96. The molecule has 1 aliphatic carbocycles. The van der Waals surface area contributed by atoms with Gasteiger partial charge in [-0.25, -0.2) is 0 Å². The average Bonchev–Trinajstić information content (AvgIpc) is 2.08. The van der Waals surface area contributed by atoms with E-state index in [1.54, 1.807) is 0 Å². The van der Waals surface area contributed by atoms with E-state index in [0.717, 1.165) is 0 Å². The lowest BCUT2D eigenvalue weighted by molar-refractivity contribution is 0.864. The van der Waals surface area contributed by atoms with Crippen LogP contribution in [0, 0.1) is 0 Å². The van der Waals surface area contributed by atoms with E-state index in [-0.39, 0.29) is 0 Å². The highest BCUT2D eigenvalue weighted by Gasteiger charge is 1.82. The van der Waals surface area contributed by atoms with Gasteiger partial charge in [0.25, 0.3) is 0 Å². The Morgan fingerprint density at radius 3 is 2.00 bits per heavy atom. The molecule has 0 saturated heterocycles. The van der Waals surface area contributed by atoms with Gasteiger partial charge in [0, 0.05) is 0 Å². The van der Waals surface area contributed by atoms with Crippen molar-refractivity contribution in [1.29, 1.82) is 0 Å². The fourth-order valence-electron chi connectivity index (χ4n) is 1.13. The van der Waals surface area contributed by atoms with E-state index < -0.39 is 0 Å². The number of hydrogen-bond acceptors (Lipinski definition) is 0. The molecule has 11 heavy (non-hydrogen) atoms. The van der Waals surface area contributed by atoms with Crippen LogP contribution >= 0.6 is 0 Å². The van der Waals surface area contributed by atoms with E-state index in [9.17, 15) is 0 Å². The van der Waals surface area contributed by atoms with E-state index in [0.29, 0.717) is 0 Å². The Kier molecular flexibility index (Phi) is 4.51. The van der Waals surface area contributed by atoms with Crippen LogP contribution in [0.1, 0.15) is 32.1 Å². The lowest BCUT2D eigenvalue weighted by atomic mass is 10.2. The molecule has 1 aliphatic rings. The molecule has 0 unspecified atom stereocenters. The molecule has 0 saturated carbocycles. The highest BCUT2D eigenvalue weighted by atomic mass is 13.9. The number of rotatable bonds is 0. The Bertz CT molecular complexity index is 161. The summed E-state index contributed by atoms with van der Waals surface area (Å²) < 4.78 is 0. The summed E-state index contributed by atoms with van der Waals surface area (Å²) in [5, 5.41) is 0. The second-order valence-corrected chi connectivity index (χ2v) is 2.84. The molecule has 60 valence electrons. The van der Waals surface area contributed by atoms with Gasteiger partial charge in [0.2, 0.25) is 0 Å². The topological polar surface area (TPSA) is 0 Å². The monoisotopic (exact) mass is 148 g/mol. The van der Waals surface area contributed by atoms with E-state index >= 15 is 0 Å². The zero-order valence-electron chi connectivity index (χ0n) is 7.00. The van der Waals surface area contributed by atoms with E-state index in [1.165, 1.54) is 32.1 Å². The first-order valence-corrected chi connectivity index (χ1v) is 4.47. The number of allylic oxidation sites excluding steroid dienone is 6. The van der Waals surface area contributed by atoms with Crippen LogP contribution < -0.4 is 0 Å². The third kappa shape index (κ3) is 4.60. The first-order chi connectivity index (χ1) is 5.50. The molecule has 0 aliphatic heterocycles. The van der Waals surface area contributed by atoms with Gasteiger partial charge in [-0.3, -0.25) is 0 Å². The highest BCUT2D eigenvalue weighted by molar-refractivity contribution is 5.03. The maximum absolute atomic E-state index is 2.30. The molecule has 0 nitrogen and oxygen atoms in total. The molecular weight excluding hydrogens is 132 g/mol. The van der Waals surface area contributed by atoms with Crippen LogP contribution in [-0.2, 0) is 0 Å². The van der Waals surface area contributed by atoms with Crippen LogP contribution in [0.25, 0.3) is 0 Å². The van der Waals surface area contributed by atoms with Crippen molar-refractivity contribution in [2.24, 2.45) is 0 Å². The lowest BCUT2D eigenvalue weighted by Gasteiger charge is -1.88. The van der Waals surface area contributed by atoms with E-state index in [2.05, 4.69) is 36.5 Å². The van der Waals surface area contributed by atoms with E-state index in [1.807, 2.05) is 0 Å². The minimum absolute atomic E-state index is 1.18. The molecule has 0 fully saturated rings. The Hall–Kier alpha value is -0.780. The minimum atomic E-state index is 1.18. The van der Waals surface area contributed by atoms with Crippen LogP contribution in [0.3, 0.4) is 0 Å². The first-order valence-electron chi connectivity index (χ1n) is 4.47. The summed E-state index contributed by atoms with van der Waals surface area (Å²) in [5.74, 6) is 0. The van der Waals surface area contributed by atoms with Crippen molar-refractivity contribution in [2.75, 3.05) is 0 Å². The average molecular weight is 148 g/mol. The maximum atomic E-state index is 2.30. The molecular formula is C11H16. The fourth-order valence-corrected chi connectivity index (χ4v) is 1.13. The third-order valence-electron chi connectivity index (χ3n) is 1.79. The summed E-state index contributed by atoms with van der Waals surface area (Å²) >= 11 is 0. The van der Waals surface area contributed by atoms with Crippen molar-refractivity contribution in [3.63, 3.8) is 0 Å². The molecule has 0 aromatic heterocycles. The summed E-state index contributed by atoms with van der Waals surface area (Å²) in [6.45, 7) is 0. The molecule has 0 spiro atoms. The standard InChI is InChI=1S/C11H16/c1-2-4-6-8-10-11-9-7-5-3-1/h1-4,9,11H,5-8,10H2/b3-1-,4-2?,11-9-. The molecule has 1 rings (SSSR count). The third-order valence-corrected chi connectivity index (χ3v) is 1.79. The second-order valence-electron chi connectivity index (χ2n) is 2.84. The first kappa shape index (κ1) is 8.32. The van der Waals surface area contributed by atoms with Crippen molar-refractivity contribution in [2.45, 2.75) is 32.1 Å². The Labute approximate surface area is 69.3 Å². The molecule has 0 N–H and O–H groups in total. The van der Waals surface area contributed by atoms with Crippen molar-refractivity contribution in [1.82, 2.24) is 0 Å². The maximum Gasteiger partial charge on any atom is -0.0313 e. The summed E-state index contributed by atoms with van der Waals surface area (Å²) in [5.41, 5.74) is 0. The van der Waals surface area contributed by atoms with Crippen LogP contribution in [-0.4, -0.2) is 0 Å². The molecule has 0 heteroatoms. The predicted octanol–water partition coefficient (Wildman–Crippen LogP) is 3.62. The van der Waals surface area contributed by atoms with Gasteiger partial charge in [-0.15, -0.1) is 0 Å². The molecule has 0 bridgehead atoms. The molecule has 0 aromatic rings. The molecule has 0 amide bonds. The summed E-state index contributed by atoms with van der Waals surface area (Å²) in [4.78, 5) is 0. The minimum Gasteiger partial charge on any atom is -0.0885 e. The zero-order valence-corrected chi connectivity index (χ0v) is 7.00. The van der Waals surface area contributed by atoms with Gasteiger partial charge in [-0.05, 0) is 32.1 Å². The largest absolute Gasteiger partial charge is 0.0885 e. The Balaban J connectivity index is 2.34. The summed E-state index contributed by atoms with van der Waals surface area (Å²) in [6, 6.07) is 0. The van der Waals surface area contributed by atoms with Crippen molar-refractivity contribution in [3.8, 4) is 0 Å². The van der Waals surface area contributed by atoms with Crippen LogP contribution in [0.2, 0.25) is 0 Å². The van der Waals surface area contributed by atoms with Crippen molar-refractivity contribution >= 4 is 0 Å². The molecule has 0 heterocycles. The van der Waals surface area contributed by atoms with Gasteiger partial charge in [0.15, 0.2) is 0 Å². The Morgan fingerprint density at radius 1 is 0.545 bits per heavy atom. The van der Waals surface area contributed by atoms with Gasteiger partial charge in [0.1, 0.15) is 0 Å². The predicted molar refractivity (Wildman–Crippen MR) is 50.5 cm³/mol. The van der Waals surface area contributed by atoms with Crippen LogP contribution in [0.5, 0.6) is 0 Å². The van der Waals surface area contributed by atoms with Gasteiger partial charge in [-0.1, -0.05) is 36.5 Å². The lowest BCUT2D eigenvalue weighted by Crippen LogP contribution is -1.68. The van der Waals surface area contributed by atoms with Gasteiger partial charge in [0.05, 0.1) is 0 Å².